The zero-order valence-corrected chi connectivity index (χ0v) is 17.1. The lowest BCUT2D eigenvalue weighted by Crippen LogP contribution is -2.50. The first-order valence-electron chi connectivity index (χ1n) is 10.4. The van der Waals surface area contributed by atoms with E-state index in [-0.39, 0.29) is 0 Å². The molecule has 27 heavy (non-hydrogen) atoms. The van der Waals surface area contributed by atoms with Gasteiger partial charge in [0.1, 0.15) is 0 Å². The topological polar surface area (TPSA) is 20.0 Å². The van der Waals surface area contributed by atoms with Gasteiger partial charge in [-0.3, -0.25) is 0 Å². The normalized spacial score (nSPS) is 23.9. The van der Waals surface area contributed by atoms with E-state index < -0.39 is 0 Å². The number of thioether (sulfide) groups is 1. The smallest absolute Gasteiger partial charge is 0.165 e. The van der Waals surface area contributed by atoms with Crippen LogP contribution in [-0.2, 0) is 6.42 Å². The first-order valence-corrected chi connectivity index (χ1v) is 11.4. The summed E-state index contributed by atoms with van der Waals surface area (Å²) in [7, 11) is 0. The van der Waals surface area contributed by atoms with Gasteiger partial charge < -0.3 is 4.90 Å². The van der Waals surface area contributed by atoms with Crippen molar-refractivity contribution < 1.29 is 0 Å². The third kappa shape index (κ3) is 3.67. The Bertz CT molecular complexity index is 777. The fraction of sp³-hybridized carbons (Fsp3) is 0.565. The van der Waals surface area contributed by atoms with Crippen molar-refractivity contribution in [2.45, 2.75) is 76.3 Å². The second-order valence-electron chi connectivity index (χ2n) is 8.11. The van der Waals surface area contributed by atoms with E-state index >= 15 is 0 Å². The molecule has 0 unspecified atom stereocenters. The van der Waals surface area contributed by atoms with Crippen molar-refractivity contribution in [1.29, 1.82) is 0 Å². The van der Waals surface area contributed by atoms with Crippen LogP contribution >= 0.6 is 11.8 Å². The lowest BCUT2D eigenvalue weighted by molar-refractivity contribution is 0.163. The van der Waals surface area contributed by atoms with Crippen molar-refractivity contribution in [3.63, 3.8) is 0 Å². The summed E-state index contributed by atoms with van der Waals surface area (Å²) in [6.45, 7) is 9.12. The molecule has 1 saturated heterocycles. The Morgan fingerprint density at radius 2 is 2.04 bits per heavy atom. The predicted octanol–water partition coefficient (Wildman–Crippen LogP) is 6.43. The Hall–Kier alpha value is -1.73. The molecule has 1 heterocycles. The number of benzene rings is 1. The number of aliphatic imine (C=N–C) groups is 1. The van der Waals surface area contributed by atoms with Crippen LogP contribution in [0.2, 0.25) is 0 Å². The van der Waals surface area contributed by atoms with Crippen LogP contribution in [0.25, 0.3) is 10.9 Å². The maximum Gasteiger partial charge on any atom is 0.165 e. The molecule has 0 amide bonds. The van der Waals surface area contributed by atoms with Gasteiger partial charge in [-0.25, -0.2) is 9.84 Å². The Kier molecular flexibility index (Phi) is 5.59. The van der Waals surface area contributed by atoms with Gasteiger partial charge in [0.2, 0.25) is 0 Å². The Labute approximate surface area is 167 Å². The Morgan fingerprint density at radius 1 is 1.26 bits per heavy atom. The van der Waals surface area contributed by atoms with Gasteiger partial charge in [-0.15, -0.1) is 0 Å². The summed E-state index contributed by atoms with van der Waals surface area (Å²) in [6, 6.07) is 7.11. The molecular formula is C23H29N3S. The molecule has 142 valence electrons. The summed E-state index contributed by atoms with van der Waals surface area (Å²) in [5.74, 6) is 1.22. The van der Waals surface area contributed by atoms with Crippen LogP contribution < -0.4 is 0 Å². The number of aryl methyl sites for hydroxylation is 1. The van der Waals surface area contributed by atoms with Crippen LogP contribution in [0.1, 0.15) is 69.4 Å². The van der Waals surface area contributed by atoms with E-state index in [4.69, 9.17) is 11.6 Å². The van der Waals surface area contributed by atoms with E-state index in [2.05, 4.69) is 34.9 Å². The zero-order valence-electron chi connectivity index (χ0n) is 16.3. The molecule has 1 aromatic rings. The van der Waals surface area contributed by atoms with Gasteiger partial charge in [0.15, 0.2) is 11.4 Å². The standard InChI is InChI=1S/C23H29N3S/c1-3-19-16-18(12-15-24-2)10-11-21(19)25-22-26(20-8-4-5-9-20)23(17-27-22)13-6-7-14-23/h10-12,15-16,20H,3-9,13-14,17H2,1H3. The first kappa shape index (κ1) is 18.6. The fourth-order valence-electron chi connectivity index (χ4n) is 5.08. The van der Waals surface area contributed by atoms with Crippen LogP contribution in [0, 0.1) is 6.57 Å². The van der Waals surface area contributed by atoms with E-state index in [1.54, 1.807) is 0 Å². The lowest BCUT2D eigenvalue weighted by Gasteiger charge is -2.40. The zero-order chi connectivity index (χ0) is 18.7. The molecule has 0 atom stereocenters. The van der Waals surface area contributed by atoms with E-state index in [0.717, 1.165) is 17.7 Å². The van der Waals surface area contributed by atoms with Gasteiger partial charge in [0.05, 0.1) is 17.8 Å². The van der Waals surface area contributed by atoms with E-state index in [0.29, 0.717) is 11.6 Å². The van der Waals surface area contributed by atoms with E-state index in [1.165, 1.54) is 74.1 Å². The molecule has 0 N–H and O–H groups in total. The largest absolute Gasteiger partial charge is 0.342 e. The fourth-order valence-corrected chi connectivity index (χ4v) is 6.55. The molecule has 1 aliphatic heterocycles. The molecule has 3 fully saturated rings. The van der Waals surface area contributed by atoms with Crippen LogP contribution in [0.5, 0.6) is 0 Å². The van der Waals surface area contributed by atoms with E-state index in [1.807, 2.05) is 17.8 Å². The number of hydrogen-bond donors (Lipinski definition) is 0. The number of hydrogen-bond acceptors (Lipinski definition) is 2. The quantitative estimate of drug-likeness (QED) is 0.562. The highest BCUT2D eigenvalue weighted by Gasteiger charge is 2.49. The minimum absolute atomic E-state index is 0.378. The van der Waals surface area contributed by atoms with Crippen LogP contribution in [-0.4, -0.2) is 27.4 Å². The van der Waals surface area contributed by atoms with Crippen LogP contribution in [0.15, 0.2) is 29.4 Å². The minimum atomic E-state index is 0.378. The number of rotatable bonds is 4. The van der Waals surface area contributed by atoms with Crippen molar-refractivity contribution in [3.05, 3.63) is 46.9 Å². The molecule has 2 aliphatic carbocycles. The van der Waals surface area contributed by atoms with Crippen LogP contribution in [0.4, 0.5) is 5.69 Å². The van der Waals surface area contributed by atoms with Gasteiger partial charge in [-0.1, -0.05) is 62.6 Å². The summed E-state index contributed by atoms with van der Waals surface area (Å²) in [6.07, 6.45) is 15.2. The maximum absolute atomic E-state index is 6.93. The highest BCUT2D eigenvalue weighted by molar-refractivity contribution is 8.14. The lowest BCUT2D eigenvalue weighted by atomic mass is 9.95. The molecule has 1 aromatic carbocycles. The van der Waals surface area contributed by atoms with Gasteiger partial charge >= 0.3 is 0 Å². The monoisotopic (exact) mass is 379 g/mol. The summed E-state index contributed by atoms with van der Waals surface area (Å²) >= 11 is 1.99. The third-order valence-corrected chi connectivity index (χ3v) is 7.68. The Balaban J connectivity index is 1.67. The van der Waals surface area contributed by atoms with Gasteiger partial charge in [0.25, 0.3) is 0 Å². The second kappa shape index (κ2) is 8.10. The average Bonchev–Trinajstić information content (AvgIpc) is 3.44. The van der Waals surface area contributed by atoms with Crippen molar-refractivity contribution in [2.24, 2.45) is 4.99 Å². The van der Waals surface area contributed by atoms with Gasteiger partial charge in [-0.05, 0) is 49.3 Å². The highest BCUT2D eigenvalue weighted by Crippen LogP contribution is 2.48. The molecule has 3 aliphatic rings. The average molecular weight is 380 g/mol. The van der Waals surface area contributed by atoms with Gasteiger partial charge in [-0.2, -0.15) is 0 Å². The third-order valence-electron chi connectivity index (χ3n) is 6.45. The molecule has 2 saturated carbocycles. The van der Waals surface area contributed by atoms with E-state index in [9.17, 15) is 0 Å². The molecule has 3 nitrogen and oxygen atoms in total. The molecule has 0 radical (unpaired) electrons. The van der Waals surface area contributed by atoms with Crippen molar-refractivity contribution in [1.82, 2.24) is 4.90 Å². The second-order valence-corrected chi connectivity index (χ2v) is 9.05. The van der Waals surface area contributed by atoms with Crippen molar-refractivity contribution in [2.75, 3.05) is 5.75 Å². The predicted molar refractivity (Wildman–Crippen MR) is 116 cm³/mol. The molecule has 0 aromatic heterocycles. The number of nitrogens with zero attached hydrogens (tertiary/aromatic N) is 3. The Morgan fingerprint density at radius 3 is 2.74 bits per heavy atom. The van der Waals surface area contributed by atoms with Gasteiger partial charge in [0, 0.05) is 11.8 Å². The first-order chi connectivity index (χ1) is 13.3. The number of amidine groups is 1. The van der Waals surface area contributed by atoms with Crippen LogP contribution in [0.3, 0.4) is 0 Å². The van der Waals surface area contributed by atoms with Crippen molar-refractivity contribution in [3.8, 4) is 0 Å². The molecule has 4 rings (SSSR count). The summed E-state index contributed by atoms with van der Waals surface area (Å²) in [4.78, 5) is 11.3. The summed E-state index contributed by atoms with van der Waals surface area (Å²) < 4.78 is 0. The van der Waals surface area contributed by atoms with Crippen molar-refractivity contribution >= 4 is 28.7 Å². The molecular weight excluding hydrogens is 350 g/mol. The highest BCUT2D eigenvalue weighted by atomic mass is 32.2. The molecule has 1 spiro atoms. The molecule has 4 heteroatoms. The summed E-state index contributed by atoms with van der Waals surface area (Å²) in [5, 5.41) is 1.27. The SMILES string of the molecule is [C-]#[N+]C=Cc1ccc(N=C2SCC3(CCCC3)N2C2CCCC2)c(CC)c1. The maximum atomic E-state index is 6.93. The minimum Gasteiger partial charge on any atom is -0.342 e. The molecule has 0 bridgehead atoms. The summed E-state index contributed by atoms with van der Waals surface area (Å²) in [5.41, 5.74) is 3.85.